The van der Waals surface area contributed by atoms with E-state index in [1.54, 1.807) is 18.2 Å². The summed E-state index contributed by atoms with van der Waals surface area (Å²) in [5.74, 6) is -1.13. The van der Waals surface area contributed by atoms with E-state index in [2.05, 4.69) is 55.4 Å². The molecule has 262 valence electrons. The van der Waals surface area contributed by atoms with Crippen LogP contribution in [0.5, 0.6) is 0 Å². The van der Waals surface area contributed by atoms with Gasteiger partial charge in [-0.25, -0.2) is 0 Å². The maximum Gasteiger partial charge on any atom is 0.0786 e. The molecule has 0 fully saturated rings. The highest BCUT2D eigenvalue weighted by molar-refractivity contribution is 5.85. The number of halogens is 1. The Labute approximate surface area is 287 Å². The van der Waals surface area contributed by atoms with Gasteiger partial charge >= 0.3 is 0 Å². The standard InChI is InChI=1S/2C16H36N.C7H6O2.BrH/c2*1-5-9-13-17(14-10-6-2,15-11-7-3)16-12-8-4;8-7(9)6-4-2-1-3-5-6;/h2*5-16H2,1-4H3;1-5H,(H,8,9);1H/q2*+1;;/p-2. The molecule has 0 aliphatic heterocycles. The first-order chi connectivity index (χ1) is 20.8. The van der Waals surface area contributed by atoms with Crippen LogP contribution in [0.2, 0.25) is 0 Å². The van der Waals surface area contributed by atoms with Gasteiger partial charge in [0.2, 0.25) is 0 Å². The Hall–Kier alpha value is -0.910. The second-order valence-corrected chi connectivity index (χ2v) is 13.0. The quantitative estimate of drug-likeness (QED) is 0.104. The summed E-state index contributed by atoms with van der Waals surface area (Å²) < 4.78 is 2.84. The van der Waals surface area contributed by atoms with Crippen LogP contribution in [-0.4, -0.2) is 67.3 Å². The van der Waals surface area contributed by atoms with Crippen LogP contribution in [0.3, 0.4) is 0 Å². The number of carbonyl (C=O) groups is 1. The first kappa shape index (κ1) is 47.5. The average molecular weight is 686 g/mol. The van der Waals surface area contributed by atoms with Crippen molar-refractivity contribution in [3.05, 3.63) is 35.9 Å². The Morgan fingerprint density at radius 1 is 0.455 bits per heavy atom. The van der Waals surface area contributed by atoms with Crippen molar-refractivity contribution in [2.45, 2.75) is 158 Å². The Morgan fingerprint density at radius 2 is 0.659 bits per heavy atom. The van der Waals surface area contributed by atoms with Gasteiger partial charge in [-0.1, -0.05) is 137 Å². The van der Waals surface area contributed by atoms with Crippen LogP contribution in [0.4, 0.5) is 0 Å². The van der Waals surface area contributed by atoms with Crippen molar-refractivity contribution in [2.24, 2.45) is 0 Å². The summed E-state index contributed by atoms with van der Waals surface area (Å²) in [6.07, 6.45) is 22.1. The zero-order chi connectivity index (χ0) is 32.7. The highest BCUT2D eigenvalue weighted by Crippen LogP contribution is 2.17. The Bertz CT molecular complexity index is 602. The van der Waals surface area contributed by atoms with Crippen molar-refractivity contribution < 1.29 is 35.8 Å². The number of carbonyl (C=O) groups excluding carboxylic acids is 1. The SMILES string of the molecule is CCCC[N+](CCCC)(CCCC)CCCC.CCCC[N+](CCCC)(CCCC)CCCC.O=C([O-])c1ccccc1.[Br-]. The van der Waals surface area contributed by atoms with E-state index >= 15 is 0 Å². The summed E-state index contributed by atoms with van der Waals surface area (Å²) in [5.41, 5.74) is 0.220. The van der Waals surface area contributed by atoms with Gasteiger partial charge in [0.1, 0.15) is 0 Å². The predicted molar refractivity (Wildman–Crippen MR) is 189 cm³/mol. The van der Waals surface area contributed by atoms with Gasteiger partial charge in [0.25, 0.3) is 0 Å². The highest BCUT2D eigenvalue weighted by Gasteiger charge is 2.25. The predicted octanol–water partition coefficient (Wildman–Crippen LogP) is 7.06. The molecule has 1 rings (SSSR count). The molecule has 0 atom stereocenters. The normalized spacial score (nSPS) is 11.1. The molecule has 0 N–H and O–H groups in total. The number of carboxylic acid groups (broad SMARTS) is 1. The molecule has 0 spiro atoms. The summed E-state index contributed by atoms with van der Waals surface area (Å²) in [6.45, 7) is 30.0. The lowest BCUT2D eigenvalue weighted by Gasteiger charge is -2.39. The highest BCUT2D eigenvalue weighted by atomic mass is 79.9. The smallest absolute Gasteiger partial charge is 0.0786 e. The van der Waals surface area contributed by atoms with Crippen LogP contribution in [0.15, 0.2) is 30.3 Å². The largest absolute Gasteiger partial charge is 1.00 e. The summed E-state index contributed by atoms with van der Waals surface area (Å²) in [7, 11) is 0. The molecule has 0 aromatic heterocycles. The molecule has 0 unspecified atom stereocenters. The van der Waals surface area contributed by atoms with Crippen molar-refractivity contribution in [3.8, 4) is 0 Å². The van der Waals surface area contributed by atoms with Gasteiger partial charge in [-0.05, 0) is 56.9 Å². The Balaban J connectivity index is -0.000000591. The number of hydrogen-bond donors (Lipinski definition) is 0. The van der Waals surface area contributed by atoms with E-state index in [-0.39, 0.29) is 22.5 Å². The monoisotopic (exact) mass is 685 g/mol. The van der Waals surface area contributed by atoms with Crippen LogP contribution in [0, 0.1) is 0 Å². The summed E-state index contributed by atoms with van der Waals surface area (Å²) in [4.78, 5) is 10.1. The van der Waals surface area contributed by atoms with E-state index in [0.29, 0.717) is 0 Å². The number of benzene rings is 1. The fourth-order valence-corrected chi connectivity index (χ4v) is 5.86. The minimum absolute atomic E-state index is 0. The van der Waals surface area contributed by atoms with Gasteiger partial charge in [-0.2, -0.15) is 0 Å². The number of aromatic carboxylic acids is 1. The van der Waals surface area contributed by atoms with Crippen molar-refractivity contribution >= 4 is 5.97 Å². The molecule has 44 heavy (non-hydrogen) atoms. The van der Waals surface area contributed by atoms with E-state index < -0.39 is 5.97 Å². The van der Waals surface area contributed by atoms with Gasteiger partial charge in [0.05, 0.1) is 58.3 Å². The lowest BCUT2D eigenvalue weighted by atomic mass is 10.1. The van der Waals surface area contributed by atoms with Crippen LogP contribution in [0.25, 0.3) is 0 Å². The molecule has 0 aliphatic carbocycles. The molecular formula is C39H77BrN2O2. The molecule has 5 heteroatoms. The van der Waals surface area contributed by atoms with Crippen LogP contribution in [-0.2, 0) is 0 Å². The zero-order valence-corrected chi connectivity index (χ0v) is 32.5. The molecule has 0 aliphatic rings. The molecule has 0 bridgehead atoms. The lowest BCUT2D eigenvalue weighted by molar-refractivity contribution is -0.929. The summed E-state index contributed by atoms with van der Waals surface area (Å²) in [5, 5.41) is 10.1. The number of nitrogens with zero attached hydrogens (tertiary/aromatic N) is 2. The molecule has 0 amide bonds. The van der Waals surface area contributed by atoms with Gasteiger partial charge in [-0.15, -0.1) is 0 Å². The third kappa shape index (κ3) is 25.3. The molecular weight excluding hydrogens is 608 g/mol. The molecule has 0 saturated carbocycles. The van der Waals surface area contributed by atoms with Crippen molar-refractivity contribution in [3.63, 3.8) is 0 Å². The number of unbranched alkanes of at least 4 members (excludes halogenated alkanes) is 8. The van der Waals surface area contributed by atoms with Gasteiger partial charge < -0.3 is 35.8 Å². The number of hydrogen-bond acceptors (Lipinski definition) is 2. The first-order valence-corrected chi connectivity index (χ1v) is 18.8. The number of rotatable bonds is 25. The van der Waals surface area contributed by atoms with Crippen LogP contribution >= 0.6 is 0 Å². The minimum atomic E-state index is -1.13. The minimum Gasteiger partial charge on any atom is -1.00 e. The maximum atomic E-state index is 10.1. The zero-order valence-electron chi connectivity index (χ0n) is 30.9. The van der Waals surface area contributed by atoms with Crippen molar-refractivity contribution in [1.29, 1.82) is 0 Å². The molecule has 1 aromatic rings. The van der Waals surface area contributed by atoms with Crippen LogP contribution < -0.4 is 22.1 Å². The van der Waals surface area contributed by atoms with E-state index in [1.165, 1.54) is 176 Å². The fraction of sp³-hybridized carbons (Fsp3) is 0.821. The number of carboxylic acids is 1. The average Bonchev–Trinajstić information content (AvgIpc) is 3.04. The van der Waals surface area contributed by atoms with Gasteiger partial charge in [-0.3, -0.25) is 0 Å². The second-order valence-electron chi connectivity index (χ2n) is 13.0. The Kier molecular flexibility index (Phi) is 36.1. The summed E-state index contributed by atoms with van der Waals surface area (Å²) in [6, 6.07) is 8.06. The molecule has 4 nitrogen and oxygen atoms in total. The van der Waals surface area contributed by atoms with Crippen LogP contribution in [0.1, 0.15) is 168 Å². The second kappa shape index (κ2) is 33.5. The molecule has 0 radical (unpaired) electrons. The topological polar surface area (TPSA) is 40.1 Å². The van der Waals surface area contributed by atoms with E-state index in [9.17, 15) is 9.90 Å². The Morgan fingerprint density at radius 3 is 0.795 bits per heavy atom. The molecule has 0 heterocycles. The summed E-state index contributed by atoms with van der Waals surface area (Å²) >= 11 is 0. The molecule has 1 aromatic carbocycles. The maximum absolute atomic E-state index is 10.1. The third-order valence-electron chi connectivity index (χ3n) is 8.90. The van der Waals surface area contributed by atoms with E-state index in [0.717, 1.165) is 0 Å². The van der Waals surface area contributed by atoms with Crippen molar-refractivity contribution in [2.75, 3.05) is 52.4 Å². The number of quaternary nitrogens is 2. The van der Waals surface area contributed by atoms with Gasteiger partial charge in [0.15, 0.2) is 0 Å². The molecule has 0 saturated heterocycles. The fourth-order valence-electron chi connectivity index (χ4n) is 5.86. The van der Waals surface area contributed by atoms with E-state index in [1.807, 2.05) is 0 Å². The van der Waals surface area contributed by atoms with Crippen molar-refractivity contribution in [1.82, 2.24) is 0 Å². The third-order valence-corrected chi connectivity index (χ3v) is 8.90. The van der Waals surface area contributed by atoms with Gasteiger partial charge in [0, 0.05) is 0 Å². The lowest BCUT2D eigenvalue weighted by Crippen LogP contribution is -3.00. The first-order valence-electron chi connectivity index (χ1n) is 18.8. The van der Waals surface area contributed by atoms with E-state index in [4.69, 9.17) is 0 Å².